The second-order valence-electron chi connectivity index (χ2n) is 4.98. The summed E-state index contributed by atoms with van der Waals surface area (Å²) in [4.78, 5) is 11.9. The fourth-order valence-corrected chi connectivity index (χ4v) is 2.39. The van der Waals surface area contributed by atoms with E-state index < -0.39 is 0 Å². The van der Waals surface area contributed by atoms with E-state index in [1.807, 2.05) is 37.3 Å². The molecule has 0 saturated heterocycles. The zero-order chi connectivity index (χ0) is 12.8. The highest BCUT2D eigenvalue weighted by Gasteiger charge is 2.12. The van der Waals surface area contributed by atoms with E-state index in [-0.39, 0.29) is 11.9 Å². The first kappa shape index (κ1) is 12.9. The van der Waals surface area contributed by atoms with Crippen molar-refractivity contribution >= 4 is 5.91 Å². The first-order valence-electron chi connectivity index (χ1n) is 6.78. The number of carbonyl (C=O) groups is 1. The molecule has 0 heterocycles. The Hall–Kier alpha value is -1.57. The average Bonchev–Trinajstić information content (AvgIpc) is 2.40. The molecule has 0 fully saturated rings. The number of hydrogen-bond donors (Lipinski definition) is 1. The molecular weight excluding hydrogens is 222 g/mol. The molecule has 1 N–H and O–H groups in total. The van der Waals surface area contributed by atoms with Crippen LogP contribution < -0.4 is 5.32 Å². The molecule has 1 aliphatic rings. The number of nitrogens with one attached hydrogen (secondary N) is 1. The van der Waals surface area contributed by atoms with Crippen LogP contribution in [0.15, 0.2) is 42.0 Å². The van der Waals surface area contributed by atoms with E-state index in [2.05, 4.69) is 11.4 Å². The minimum absolute atomic E-state index is 0.0860. The van der Waals surface area contributed by atoms with Gasteiger partial charge in [0.15, 0.2) is 0 Å². The third kappa shape index (κ3) is 3.73. The lowest BCUT2D eigenvalue weighted by atomic mass is 9.97. The maximum atomic E-state index is 11.9. The standard InChI is InChI=1S/C16H21NO/c1-13(15-10-6-3-7-11-15)17-16(18)12-14-8-4-2-5-9-14/h3,6-8,10-11,13H,2,4-5,9,12H2,1H3,(H,17,18)/t13-/m0/s1. The van der Waals surface area contributed by atoms with Crippen molar-refractivity contribution in [2.45, 2.75) is 45.1 Å². The lowest BCUT2D eigenvalue weighted by Gasteiger charge is -2.16. The number of benzene rings is 1. The number of carbonyl (C=O) groups excluding carboxylic acids is 1. The molecule has 0 spiro atoms. The lowest BCUT2D eigenvalue weighted by Crippen LogP contribution is -2.26. The zero-order valence-electron chi connectivity index (χ0n) is 11.0. The molecule has 96 valence electrons. The van der Waals surface area contributed by atoms with Crippen molar-refractivity contribution in [3.8, 4) is 0 Å². The van der Waals surface area contributed by atoms with E-state index in [1.165, 1.54) is 18.4 Å². The van der Waals surface area contributed by atoms with Gasteiger partial charge in [0.1, 0.15) is 0 Å². The Kier molecular flexibility index (Phi) is 4.57. The molecule has 0 aromatic heterocycles. The van der Waals surface area contributed by atoms with Crippen LogP contribution in [0.5, 0.6) is 0 Å². The highest BCUT2D eigenvalue weighted by Crippen LogP contribution is 2.20. The number of amides is 1. The van der Waals surface area contributed by atoms with Crippen LogP contribution in [0.4, 0.5) is 0 Å². The smallest absolute Gasteiger partial charge is 0.224 e. The molecule has 2 rings (SSSR count). The SMILES string of the molecule is C[C@H](NC(=O)CC1=CCCCC1)c1ccccc1. The molecule has 1 aliphatic carbocycles. The van der Waals surface area contributed by atoms with Gasteiger partial charge in [-0.1, -0.05) is 42.0 Å². The van der Waals surface area contributed by atoms with Crippen molar-refractivity contribution in [1.82, 2.24) is 5.32 Å². The summed E-state index contributed by atoms with van der Waals surface area (Å²) in [6, 6.07) is 10.2. The molecule has 2 nitrogen and oxygen atoms in total. The molecule has 18 heavy (non-hydrogen) atoms. The Bertz CT molecular complexity index is 422. The molecule has 1 amide bonds. The van der Waals surface area contributed by atoms with Gasteiger partial charge in [-0.25, -0.2) is 0 Å². The predicted octanol–water partition coefficient (Wildman–Crippen LogP) is 3.75. The minimum atomic E-state index is 0.0860. The summed E-state index contributed by atoms with van der Waals surface area (Å²) in [6.07, 6.45) is 7.52. The van der Waals surface area contributed by atoms with Crippen molar-refractivity contribution in [3.05, 3.63) is 47.5 Å². The van der Waals surface area contributed by atoms with Crippen LogP contribution in [0.2, 0.25) is 0 Å². The Morgan fingerprint density at radius 3 is 2.72 bits per heavy atom. The molecule has 1 aromatic rings. The van der Waals surface area contributed by atoms with Gasteiger partial charge in [-0.05, 0) is 38.2 Å². The second-order valence-corrected chi connectivity index (χ2v) is 4.98. The van der Waals surface area contributed by atoms with Gasteiger partial charge < -0.3 is 5.32 Å². The van der Waals surface area contributed by atoms with E-state index in [9.17, 15) is 4.79 Å². The van der Waals surface area contributed by atoms with Gasteiger partial charge in [-0.15, -0.1) is 0 Å². The van der Waals surface area contributed by atoms with Crippen LogP contribution >= 0.6 is 0 Å². The summed E-state index contributed by atoms with van der Waals surface area (Å²) in [6.45, 7) is 2.03. The number of hydrogen-bond acceptors (Lipinski definition) is 1. The molecule has 0 unspecified atom stereocenters. The third-order valence-electron chi connectivity index (χ3n) is 3.45. The van der Waals surface area contributed by atoms with E-state index >= 15 is 0 Å². The van der Waals surface area contributed by atoms with Crippen LogP contribution in [-0.2, 0) is 4.79 Å². The molecule has 0 saturated carbocycles. The fraction of sp³-hybridized carbons (Fsp3) is 0.438. The van der Waals surface area contributed by atoms with Gasteiger partial charge in [-0.3, -0.25) is 4.79 Å². The summed E-state index contributed by atoms with van der Waals surface area (Å²) >= 11 is 0. The van der Waals surface area contributed by atoms with E-state index in [0.29, 0.717) is 6.42 Å². The van der Waals surface area contributed by atoms with Crippen LogP contribution in [0, 0.1) is 0 Å². The molecule has 1 atom stereocenters. The summed E-state index contributed by atoms with van der Waals surface area (Å²) in [5.74, 6) is 0.138. The van der Waals surface area contributed by atoms with Crippen molar-refractivity contribution in [1.29, 1.82) is 0 Å². The summed E-state index contributed by atoms with van der Waals surface area (Å²) in [5.41, 5.74) is 2.46. The molecule has 0 aliphatic heterocycles. The van der Waals surface area contributed by atoms with Crippen molar-refractivity contribution in [3.63, 3.8) is 0 Å². The van der Waals surface area contributed by atoms with Crippen molar-refractivity contribution < 1.29 is 4.79 Å². The lowest BCUT2D eigenvalue weighted by molar-refractivity contribution is -0.121. The number of rotatable bonds is 4. The second kappa shape index (κ2) is 6.39. The minimum Gasteiger partial charge on any atom is -0.349 e. The monoisotopic (exact) mass is 243 g/mol. The Labute approximate surface area is 109 Å². The Morgan fingerprint density at radius 2 is 2.06 bits per heavy atom. The maximum Gasteiger partial charge on any atom is 0.224 e. The van der Waals surface area contributed by atoms with Crippen LogP contribution in [0.3, 0.4) is 0 Å². The van der Waals surface area contributed by atoms with E-state index in [1.54, 1.807) is 0 Å². The molecule has 2 heteroatoms. The quantitative estimate of drug-likeness (QED) is 0.802. The molecule has 0 bridgehead atoms. The zero-order valence-corrected chi connectivity index (χ0v) is 11.0. The predicted molar refractivity (Wildman–Crippen MR) is 74.2 cm³/mol. The van der Waals surface area contributed by atoms with Crippen molar-refractivity contribution in [2.75, 3.05) is 0 Å². The first-order valence-corrected chi connectivity index (χ1v) is 6.78. The summed E-state index contributed by atoms with van der Waals surface area (Å²) in [7, 11) is 0. The third-order valence-corrected chi connectivity index (χ3v) is 3.45. The maximum absolute atomic E-state index is 11.9. The largest absolute Gasteiger partial charge is 0.349 e. The highest BCUT2D eigenvalue weighted by molar-refractivity contribution is 5.79. The summed E-state index contributed by atoms with van der Waals surface area (Å²) in [5, 5.41) is 3.06. The van der Waals surface area contributed by atoms with Gasteiger partial charge in [0.25, 0.3) is 0 Å². The summed E-state index contributed by atoms with van der Waals surface area (Å²) < 4.78 is 0. The van der Waals surface area contributed by atoms with E-state index in [4.69, 9.17) is 0 Å². The topological polar surface area (TPSA) is 29.1 Å². The van der Waals surface area contributed by atoms with Crippen LogP contribution in [0.1, 0.15) is 50.6 Å². The molecular formula is C16H21NO. The van der Waals surface area contributed by atoms with Gasteiger partial charge in [0.2, 0.25) is 5.91 Å². The van der Waals surface area contributed by atoms with Crippen LogP contribution in [-0.4, -0.2) is 5.91 Å². The average molecular weight is 243 g/mol. The van der Waals surface area contributed by atoms with Gasteiger partial charge in [0, 0.05) is 6.42 Å². The van der Waals surface area contributed by atoms with Gasteiger partial charge in [0.05, 0.1) is 6.04 Å². The molecule has 0 radical (unpaired) electrons. The normalized spacial score (nSPS) is 16.8. The van der Waals surface area contributed by atoms with Gasteiger partial charge in [-0.2, -0.15) is 0 Å². The Balaban J connectivity index is 1.85. The Morgan fingerprint density at radius 1 is 1.28 bits per heavy atom. The van der Waals surface area contributed by atoms with Crippen molar-refractivity contribution in [2.24, 2.45) is 0 Å². The van der Waals surface area contributed by atoms with Gasteiger partial charge >= 0.3 is 0 Å². The fourth-order valence-electron chi connectivity index (χ4n) is 2.39. The highest BCUT2D eigenvalue weighted by atomic mass is 16.1. The number of allylic oxidation sites excluding steroid dienone is 1. The van der Waals surface area contributed by atoms with Crippen LogP contribution in [0.25, 0.3) is 0 Å². The molecule has 1 aromatic carbocycles. The first-order chi connectivity index (χ1) is 8.75. The van der Waals surface area contributed by atoms with E-state index in [0.717, 1.165) is 18.4 Å².